The highest BCUT2D eigenvalue weighted by Crippen LogP contribution is 2.64. The van der Waals surface area contributed by atoms with Gasteiger partial charge in [0.2, 0.25) is 0 Å². The first kappa shape index (κ1) is 40.4. The number of ether oxygens (including phenoxy) is 1. The van der Waals surface area contributed by atoms with Crippen molar-refractivity contribution in [2.24, 2.45) is 0 Å². The molecule has 0 saturated carbocycles. The fourth-order valence-corrected chi connectivity index (χ4v) is 12.0. The van der Waals surface area contributed by atoms with Crippen LogP contribution in [0.2, 0.25) is 0 Å². The van der Waals surface area contributed by atoms with E-state index < -0.39 is 5.41 Å². The minimum absolute atomic E-state index is 0.642. The predicted octanol–water partition coefficient (Wildman–Crippen LogP) is 18.8. The van der Waals surface area contributed by atoms with Crippen molar-refractivity contribution in [3.63, 3.8) is 0 Å². The average Bonchev–Trinajstić information content (AvgIpc) is 3.97. The third kappa shape index (κ3) is 6.04. The lowest BCUT2D eigenvalue weighted by atomic mass is 9.65. The first-order chi connectivity index (χ1) is 35.7. The first-order valence-electron chi connectivity index (χ1n) is 24.7. The topological polar surface area (TPSA) is 25.6 Å². The summed E-state index contributed by atoms with van der Waals surface area (Å²) in [6.07, 6.45) is 0. The molecule has 0 saturated heterocycles. The van der Waals surface area contributed by atoms with E-state index in [1.807, 2.05) is 12.1 Å². The van der Waals surface area contributed by atoms with Crippen LogP contribution in [0.1, 0.15) is 22.3 Å². The Morgan fingerprint density at radius 2 is 0.792 bits per heavy atom. The summed E-state index contributed by atoms with van der Waals surface area (Å²) in [6.45, 7) is 0. The Bertz CT molecular complexity index is 4230. The van der Waals surface area contributed by atoms with Gasteiger partial charge in [-0.15, -0.1) is 0 Å². The highest BCUT2D eigenvalue weighted by atomic mass is 16.5. The maximum absolute atomic E-state index is 7.25. The Balaban J connectivity index is 0.897. The lowest BCUT2D eigenvalue weighted by Crippen LogP contribution is -2.32. The van der Waals surface area contributed by atoms with Gasteiger partial charge in [0.25, 0.3) is 0 Å². The molecule has 3 nitrogen and oxygen atoms in total. The zero-order chi connectivity index (χ0) is 47.3. The molecule has 3 heteroatoms. The summed E-state index contributed by atoms with van der Waals surface area (Å²) < 4.78 is 13.6. The first-order valence-corrected chi connectivity index (χ1v) is 24.7. The molecule has 0 amide bonds. The number of furan rings is 1. The van der Waals surface area contributed by atoms with Gasteiger partial charge in [-0.05, 0) is 127 Å². The van der Waals surface area contributed by atoms with E-state index in [0.29, 0.717) is 0 Å². The zero-order valence-electron chi connectivity index (χ0n) is 39.1. The lowest BCUT2D eigenvalue weighted by molar-refractivity contribution is 0.447. The number of hydrogen-bond acceptors (Lipinski definition) is 3. The van der Waals surface area contributed by atoms with Gasteiger partial charge in [0.15, 0.2) is 0 Å². The summed E-state index contributed by atoms with van der Waals surface area (Å²) in [7, 11) is 0. The molecule has 1 aromatic heterocycles. The van der Waals surface area contributed by atoms with Crippen LogP contribution in [0.25, 0.3) is 88.0 Å². The molecule has 0 fully saturated rings. The van der Waals surface area contributed by atoms with Gasteiger partial charge in [-0.3, -0.25) is 0 Å². The molecule has 1 aliphatic carbocycles. The van der Waals surface area contributed by atoms with E-state index >= 15 is 0 Å². The standard InChI is InChI=1S/C69H43NO2/c1-2-14-44(15-3-1)48-18-12-20-53(40-48)70(52-34-28-45(29-35-52)51-31-37-60-59-25-9-11-27-65(59)71-66(60)43-51)54-21-13-19-49(41-54)50-30-36-58-57-24-8-10-26-61(57)69(64(58)42-50)62-38-32-46-16-4-6-22-55(46)67(62)72-68-56-23-7-5-17-47(56)33-39-63(68)69/h1-43H. The Morgan fingerprint density at radius 3 is 1.51 bits per heavy atom. The van der Waals surface area contributed by atoms with Crippen molar-refractivity contribution in [3.05, 3.63) is 283 Å². The van der Waals surface area contributed by atoms with Gasteiger partial charge in [0.1, 0.15) is 22.7 Å². The van der Waals surface area contributed by atoms with Crippen LogP contribution in [-0.2, 0) is 5.41 Å². The molecule has 0 bridgehead atoms. The third-order valence-electron chi connectivity index (χ3n) is 15.3. The number of rotatable bonds is 6. The number of nitrogens with zero attached hydrogens (tertiary/aromatic N) is 1. The maximum atomic E-state index is 7.25. The molecule has 72 heavy (non-hydrogen) atoms. The molecule has 1 aliphatic heterocycles. The molecular formula is C69H43NO2. The van der Waals surface area contributed by atoms with E-state index in [1.165, 1.54) is 27.8 Å². The minimum Gasteiger partial charge on any atom is -0.456 e. The van der Waals surface area contributed by atoms with Crippen molar-refractivity contribution in [3.8, 4) is 56.0 Å². The highest BCUT2D eigenvalue weighted by Gasteiger charge is 2.52. The van der Waals surface area contributed by atoms with E-state index in [4.69, 9.17) is 9.15 Å². The summed E-state index contributed by atoms with van der Waals surface area (Å²) in [6, 6.07) is 94.8. The van der Waals surface area contributed by atoms with Crippen molar-refractivity contribution in [1.29, 1.82) is 0 Å². The second kappa shape index (κ2) is 15.8. The predicted molar refractivity (Wildman–Crippen MR) is 297 cm³/mol. The van der Waals surface area contributed by atoms with E-state index in [-0.39, 0.29) is 0 Å². The summed E-state index contributed by atoms with van der Waals surface area (Å²) in [5, 5.41) is 6.80. The van der Waals surface area contributed by atoms with Gasteiger partial charge >= 0.3 is 0 Å². The summed E-state index contributed by atoms with van der Waals surface area (Å²) in [5.74, 6) is 1.84. The smallest absolute Gasteiger partial charge is 0.140 e. The van der Waals surface area contributed by atoms with Crippen LogP contribution in [0.3, 0.4) is 0 Å². The van der Waals surface area contributed by atoms with Crippen LogP contribution >= 0.6 is 0 Å². The Hall–Kier alpha value is -9.44. The van der Waals surface area contributed by atoms with E-state index in [2.05, 4.69) is 254 Å². The van der Waals surface area contributed by atoms with Gasteiger partial charge in [0.05, 0.1) is 5.41 Å². The van der Waals surface area contributed by atoms with Gasteiger partial charge < -0.3 is 14.1 Å². The largest absolute Gasteiger partial charge is 0.456 e. The summed E-state index contributed by atoms with van der Waals surface area (Å²) in [4.78, 5) is 2.38. The molecule has 1 spiro atoms. The monoisotopic (exact) mass is 917 g/mol. The molecule has 0 unspecified atom stereocenters. The molecular weight excluding hydrogens is 875 g/mol. The summed E-state index contributed by atoms with van der Waals surface area (Å²) in [5.41, 5.74) is 18.5. The third-order valence-corrected chi connectivity index (χ3v) is 15.3. The van der Waals surface area contributed by atoms with Crippen molar-refractivity contribution in [2.45, 2.75) is 5.41 Å². The van der Waals surface area contributed by atoms with Crippen molar-refractivity contribution in [1.82, 2.24) is 0 Å². The molecule has 2 aliphatic rings. The van der Waals surface area contributed by atoms with Gasteiger partial charge in [0, 0.05) is 49.7 Å². The second-order valence-electron chi connectivity index (χ2n) is 19.1. The molecule has 0 N–H and O–H groups in total. The fraction of sp³-hybridized carbons (Fsp3) is 0.0145. The fourth-order valence-electron chi connectivity index (χ4n) is 12.0. The SMILES string of the molecule is c1ccc(-c2cccc(N(c3ccc(-c4ccc5c(c4)oc4ccccc45)cc3)c3cccc(-c4ccc5c(c4)C4(c6ccccc6-5)c5ccc6ccccc6c5Oc5c4ccc4ccccc54)c3)c2)cc1. The minimum atomic E-state index is -0.642. The van der Waals surface area contributed by atoms with Gasteiger partial charge in [-0.1, -0.05) is 200 Å². The number of anilines is 3. The van der Waals surface area contributed by atoms with Gasteiger partial charge in [-0.25, -0.2) is 0 Å². The molecule has 336 valence electrons. The maximum Gasteiger partial charge on any atom is 0.140 e. The molecule has 2 heterocycles. The average molecular weight is 918 g/mol. The van der Waals surface area contributed by atoms with Crippen LogP contribution in [0, 0.1) is 0 Å². The van der Waals surface area contributed by atoms with Crippen molar-refractivity contribution < 1.29 is 9.15 Å². The second-order valence-corrected chi connectivity index (χ2v) is 19.1. The zero-order valence-corrected chi connectivity index (χ0v) is 39.1. The van der Waals surface area contributed by atoms with Crippen LogP contribution < -0.4 is 9.64 Å². The Kier molecular flexibility index (Phi) is 8.87. The number of benzene rings is 12. The van der Waals surface area contributed by atoms with Crippen LogP contribution in [0.5, 0.6) is 11.5 Å². The van der Waals surface area contributed by atoms with E-state index in [1.54, 1.807) is 0 Å². The molecule has 0 radical (unpaired) electrons. The summed E-state index contributed by atoms with van der Waals surface area (Å²) >= 11 is 0. The van der Waals surface area contributed by atoms with Crippen molar-refractivity contribution >= 4 is 60.5 Å². The van der Waals surface area contributed by atoms with Crippen LogP contribution in [-0.4, -0.2) is 0 Å². The number of hydrogen-bond donors (Lipinski definition) is 0. The van der Waals surface area contributed by atoms with E-state index in [0.717, 1.165) is 111 Å². The quantitative estimate of drug-likeness (QED) is 0.166. The molecule has 15 rings (SSSR count). The van der Waals surface area contributed by atoms with Gasteiger partial charge in [-0.2, -0.15) is 0 Å². The molecule has 13 aromatic rings. The Morgan fingerprint density at radius 1 is 0.278 bits per heavy atom. The van der Waals surface area contributed by atoms with Crippen molar-refractivity contribution in [2.75, 3.05) is 4.90 Å². The van der Waals surface area contributed by atoms with Crippen LogP contribution in [0.15, 0.2) is 265 Å². The lowest BCUT2D eigenvalue weighted by Gasteiger charge is -2.40. The molecule has 0 atom stereocenters. The van der Waals surface area contributed by atoms with Crippen LogP contribution in [0.4, 0.5) is 17.1 Å². The number of para-hydroxylation sites is 1. The highest BCUT2D eigenvalue weighted by molar-refractivity contribution is 6.06. The normalized spacial score (nSPS) is 12.9. The number of fused-ring (bicyclic) bond motifs is 16. The Labute approximate surface area is 417 Å². The van der Waals surface area contributed by atoms with E-state index in [9.17, 15) is 0 Å². The molecule has 12 aromatic carbocycles.